The maximum absolute atomic E-state index is 13.6. The van der Waals surface area contributed by atoms with Gasteiger partial charge in [0, 0.05) is 18.2 Å². The molecule has 38 heavy (non-hydrogen) atoms. The molecule has 0 radical (unpaired) electrons. The highest BCUT2D eigenvalue weighted by Gasteiger charge is 2.25. The van der Waals surface area contributed by atoms with Gasteiger partial charge in [0.15, 0.2) is 0 Å². The standard InChI is InChI=1S/C28H28N4O5S/c1-19(33)29-21-13-15-24(16-14-21)38(36,37)30-27(34)20-12-17-26-25(18-20)28(35)32(23-10-6-3-7-11-23)31(26)22-8-4-2-5-9-22/h3,6-7,10-18,22H,2,4-5,8-9H2,1H3,(H,29,33)(H,30,34). The van der Waals surface area contributed by atoms with Crippen molar-refractivity contribution in [3.8, 4) is 5.69 Å². The minimum atomic E-state index is -4.18. The Morgan fingerprint density at radius 3 is 2.24 bits per heavy atom. The van der Waals surface area contributed by atoms with E-state index in [1.165, 1.54) is 43.7 Å². The largest absolute Gasteiger partial charge is 0.326 e. The van der Waals surface area contributed by atoms with Gasteiger partial charge in [0.2, 0.25) is 5.91 Å². The third kappa shape index (κ3) is 4.99. The number of hydrogen-bond donors (Lipinski definition) is 2. The average Bonchev–Trinajstić information content (AvgIpc) is 3.21. The summed E-state index contributed by atoms with van der Waals surface area (Å²) in [5, 5.41) is 2.91. The van der Waals surface area contributed by atoms with Gasteiger partial charge in [-0.3, -0.25) is 19.1 Å². The molecular formula is C28H28N4O5S. The highest BCUT2D eigenvalue weighted by molar-refractivity contribution is 7.90. The monoisotopic (exact) mass is 532 g/mol. The van der Waals surface area contributed by atoms with E-state index in [1.807, 2.05) is 35.0 Å². The Kier molecular flexibility index (Phi) is 6.90. The van der Waals surface area contributed by atoms with Gasteiger partial charge in [0.25, 0.3) is 21.5 Å². The second kappa shape index (κ2) is 10.3. The Morgan fingerprint density at radius 1 is 0.895 bits per heavy atom. The molecule has 1 aliphatic carbocycles. The van der Waals surface area contributed by atoms with E-state index in [1.54, 1.807) is 16.8 Å². The number of nitrogens with zero attached hydrogens (tertiary/aromatic N) is 2. The summed E-state index contributed by atoms with van der Waals surface area (Å²) in [6.07, 6.45) is 5.24. The lowest BCUT2D eigenvalue weighted by Crippen LogP contribution is -2.30. The third-order valence-electron chi connectivity index (χ3n) is 6.78. The normalized spacial score (nSPS) is 14.3. The number of rotatable bonds is 6. The molecule has 4 aromatic rings. The van der Waals surface area contributed by atoms with E-state index in [-0.39, 0.29) is 28.0 Å². The Morgan fingerprint density at radius 2 is 1.58 bits per heavy atom. The van der Waals surface area contributed by atoms with Gasteiger partial charge in [-0.25, -0.2) is 17.8 Å². The zero-order chi connectivity index (χ0) is 26.9. The quantitative estimate of drug-likeness (QED) is 0.382. The number of aromatic nitrogens is 2. The minimum absolute atomic E-state index is 0.0639. The van der Waals surface area contributed by atoms with E-state index in [4.69, 9.17) is 0 Å². The number of para-hydroxylation sites is 1. The molecule has 0 saturated heterocycles. The van der Waals surface area contributed by atoms with Crippen molar-refractivity contribution in [2.45, 2.75) is 50.0 Å². The fraction of sp³-hybridized carbons (Fsp3) is 0.250. The molecular weight excluding hydrogens is 504 g/mol. The zero-order valence-electron chi connectivity index (χ0n) is 20.9. The van der Waals surface area contributed by atoms with Crippen LogP contribution in [0.4, 0.5) is 5.69 Å². The molecule has 9 nitrogen and oxygen atoms in total. The molecule has 1 aliphatic rings. The molecule has 0 atom stereocenters. The van der Waals surface area contributed by atoms with Crippen LogP contribution in [0.2, 0.25) is 0 Å². The van der Waals surface area contributed by atoms with Crippen LogP contribution in [0.15, 0.2) is 82.5 Å². The van der Waals surface area contributed by atoms with Crippen LogP contribution in [-0.4, -0.2) is 29.6 Å². The summed E-state index contributed by atoms with van der Waals surface area (Å²) in [4.78, 5) is 37.7. The van der Waals surface area contributed by atoms with Crippen LogP contribution in [0.3, 0.4) is 0 Å². The minimum Gasteiger partial charge on any atom is -0.326 e. The van der Waals surface area contributed by atoms with E-state index >= 15 is 0 Å². The molecule has 2 N–H and O–H groups in total. The van der Waals surface area contributed by atoms with E-state index in [9.17, 15) is 22.8 Å². The van der Waals surface area contributed by atoms with Crippen LogP contribution in [0.5, 0.6) is 0 Å². The molecule has 5 rings (SSSR count). The summed E-state index contributed by atoms with van der Waals surface area (Å²) in [6.45, 7) is 1.35. The fourth-order valence-corrected chi connectivity index (χ4v) is 6.00. The van der Waals surface area contributed by atoms with Crippen molar-refractivity contribution in [1.82, 2.24) is 14.1 Å². The van der Waals surface area contributed by atoms with Gasteiger partial charge in [-0.05, 0) is 67.4 Å². The first-order chi connectivity index (χ1) is 18.2. The lowest BCUT2D eigenvalue weighted by molar-refractivity contribution is -0.114. The molecule has 196 valence electrons. The van der Waals surface area contributed by atoms with E-state index in [2.05, 4.69) is 10.0 Å². The van der Waals surface area contributed by atoms with Crippen LogP contribution < -0.4 is 15.6 Å². The predicted molar refractivity (Wildman–Crippen MR) is 145 cm³/mol. The van der Waals surface area contributed by atoms with Crippen LogP contribution in [0.1, 0.15) is 55.4 Å². The Bertz CT molecular complexity index is 1670. The molecule has 1 fully saturated rings. The molecule has 3 aromatic carbocycles. The first-order valence-electron chi connectivity index (χ1n) is 12.5. The van der Waals surface area contributed by atoms with Gasteiger partial charge in [0.05, 0.1) is 27.5 Å². The number of benzene rings is 3. The van der Waals surface area contributed by atoms with Crippen molar-refractivity contribution in [2.24, 2.45) is 0 Å². The number of sulfonamides is 1. The summed E-state index contributed by atoms with van der Waals surface area (Å²) in [6, 6.07) is 19.7. The first-order valence-corrected chi connectivity index (χ1v) is 14.0. The Hall–Kier alpha value is -4.18. The van der Waals surface area contributed by atoms with Crippen molar-refractivity contribution < 1.29 is 18.0 Å². The number of amides is 2. The number of anilines is 1. The molecule has 0 unspecified atom stereocenters. The molecule has 0 aliphatic heterocycles. The van der Waals surface area contributed by atoms with Crippen molar-refractivity contribution in [2.75, 3.05) is 5.32 Å². The molecule has 1 heterocycles. The number of carbonyl (C=O) groups excluding carboxylic acids is 2. The molecule has 1 aromatic heterocycles. The van der Waals surface area contributed by atoms with Crippen LogP contribution in [0, 0.1) is 0 Å². The van der Waals surface area contributed by atoms with Crippen molar-refractivity contribution >= 4 is 38.4 Å². The van der Waals surface area contributed by atoms with Crippen molar-refractivity contribution in [3.05, 3.63) is 88.7 Å². The average molecular weight is 533 g/mol. The smallest absolute Gasteiger partial charge is 0.279 e. The van der Waals surface area contributed by atoms with Gasteiger partial charge in [-0.1, -0.05) is 37.5 Å². The molecule has 2 amide bonds. The number of hydrogen-bond acceptors (Lipinski definition) is 5. The van der Waals surface area contributed by atoms with Gasteiger partial charge in [-0.15, -0.1) is 0 Å². The van der Waals surface area contributed by atoms with Crippen molar-refractivity contribution in [1.29, 1.82) is 0 Å². The van der Waals surface area contributed by atoms with Crippen LogP contribution in [0.25, 0.3) is 16.6 Å². The summed E-state index contributed by atoms with van der Waals surface area (Å²) in [5.74, 6) is -1.12. The second-order valence-electron chi connectivity index (χ2n) is 9.46. The summed E-state index contributed by atoms with van der Waals surface area (Å²) >= 11 is 0. The number of fused-ring (bicyclic) bond motifs is 1. The lowest BCUT2D eigenvalue weighted by atomic mass is 9.95. The highest BCUT2D eigenvalue weighted by Crippen LogP contribution is 2.32. The van der Waals surface area contributed by atoms with E-state index in [0.717, 1.165) is 31.4 Å². The predicted octanol–water partition coefficient (Wildman–Crippen LogP) is 4.37. The first kappa shape index (κ1) is 25.5. The van der Waals surface area contributed by atoms with E-state index < -0.39 is 15.9 Å². The van der Waals surface area contributed by atoms with Gasteiger partial charge in [0.1, 0.15) is 0 Å². The SMILES string of the molecule is CC(=O)Nc1ccc(S(=O)(=O)NC(=O)c2ccc3c(c2)c(=O)n(-c2ccccc2)n3C2CCCCC2)cc1. The molecule has 10 heteroatoms. The van der Waals surface area contributed by atoms with E-state index in [0.29, 0.717) is 16.6 Å². The van der Waals surface area contributed by atoms with Gasteiger partial charge >= 0.3 is 0 Å². The van der Waals surface area contributed by atoms with Gasteiger partial charge < -0.3 is 5.32 Å². The topological polar surface area (TPSA) is 119 Å². The van der Waals surface area contributed by atoms with Crippen LogP contribution >= 0.6 is 0 Å². The number of nitrogens with one attached hydrogen (secondary N) is 2. The fourth-order valence-electron chi connectivity index (χ4n) is 5.03. The van der Waals surface area contributed by atoms with Gasteiger partial charge in [-0.2, -0.15) is 0 Å². The highest BCUT2D eigenvalue weighted by atomic mass is 32.2. The Labute approximate surface area is 220 Å². The molecule has 1 saturated carbocycles. The lowest BCUT2D eigenvalue weighted by Gasteiger charge is -2.26. The zero-order valence-corrected chi connectivity index (χ0v) is 21.7. The maximum Gasteiger partial charge on any atom is 0.279 e. The third-order valence-corrected chi connectivity index (χ3v) is 8.12. The molecule has 0 spiro atoms. The van der Waals surface area contributed by atoms with Crippen LogP contribution in [-0.2, 0) is 14.8 Å². The molecule has 0 bridgehead atoms. The maximum atomic E-state index is 13.6. The number of carbonyl (C=O) groups is 2. The summed E-state index contributed by atoms with van der Waals surface area (Å²) < 4.78 is 31.5. The second-order valence-corrected chi connectivity index (χ2v) is 11.1. The summed E-state index contributed by atoms with van der Waals surface area (Å²) in [7, 11) is -4.18. The Balaban J connectivity index is 1.50. The van der Waals surface area contributed by atoms with Crippen molar-refractivity contribution in [3.63, 3.8) is 0 Å². The summed E-state index contributed by atoms with van der Waals surface area (Å²) in [5.41, 5.74) is 1.68.